The first-order valence-electron chi connectivity index (χ1n) is 6.23. The number of nitrogens with zero attached hydrogens (tertiary/aromatic N) is 2. The minimum Gasteiger partial charge on any atom is -0.333 e. The van der Waals surface area contributed by atoms with E-state index in [1.807, 2.05) is 0 Å². The number of hydrogen-bond donors (Lipinski definition) is 0. The van der Waals surface area contributed by atoms with Crippen LogP contribution in [0.15, 0.2) is 28.0 Å². The maximum atomic E-state index is 12.3. The van der Waals surface area contributed by atoms with E-state index in [4.69, 9.17) is 23.2 Å². The Kier molecular flexibility index (Phi) is 4.15. The molecule has 1 aromatic carbocycles. The molecule has 2 aromatic rings. The van der Waals surface area contributed by atoms with Gasteiger partial charge in [0.25, 0.3) is 0 Å². The normalized spacial score (nSPS) is 14.2. The molecule has 2 heterocycles. The van der Waals surface area contributed by atoms with Gasteiger partial charge in [0.2, 0.25) is 20.1 Å². The number of aromatic nitrogens is 1. The Balaban J connectivity index is 1.76. The number of sulfone groups is 1. The van der Waals surface area contributed by atoms with Gasteiger partial charge in [0.15, 0.2) is 0 Å². The minimum atomic E-state index is -3.69. The van der Waals surface area contributed by atoms with E-state index in [0.717, 1.165) is 22.5 Å². The number of rotatable bonds is 3. The van der Waals surface area contributed by atoms with Gasteiger partial charge in [-0.2, -0.15) is 0 Å². The summed E-state index contributed by atoms with van der Waals surface area (Å²) in [6.07, 6.45) is 1.40. The summed E-state index contributed by atoms with van der Waals surface area (Å²) >= 11 is 12.9. The number of amides is 1. The summed E-state index contributed by atoms with van der Waals surface area (Å²) in [7, 11) is -3.69. The molecule has 0 fully saturated rings. The number of benzene rings is 1. The lowest BCUT2D eigenvalue weighted by molar-refractivity contribution is -0.129. The molecule has 9 heteroatoms. The van der Waals surface area contributed by atoms with Gasteiger partial charge < -0.3 is 4.90 Å². The smallest absolute Gasteiger partial charge is 0.238 e. The molecule has 0 saturated carbocycles. The van der Waals surface area contributed by atoms with E-state index in [9.17, 15) is 13.2 Å². The molecule has 0 radical (unpaired) electrons. The second-order valence-corrected chi connectivity index (χ2v) is 8.71. The maximum Gasteiger partial charge on any atom is 0.238 e. The SMILES string of the molecule is O=C(CS(=O)(=O)c1nccs1)N1Cc2cc(Cl)c(Cl)cc2C1. The number of fused-ring (bicyclic) bond motifs is 1. The number of hydrogen-bond acceptors (Lipinski definition) is 5. The summed E-state index contributed by atoms with van der Waals surface area (Å²) in [5, 5.41) is 2.41. The second-order valence-electron chi connectivity index (χ2n) is 4.84. The Hall–Kier alpha value is -1.15. The standard InChI is InChI=1S/C13H10Cl2N2O3S2/c14-10-3-8-5-17(6-9(8)4-11(10)15)12(18)7-22(19,20)13-16-1-2-21-13/h1-4H,5-7H2. The van der Waals surface area contributed by atoms with Crippen LogP contribution in [0.2, 0.25) is 10.0 Å². The quantitative estimate of drug-likeness (QED) is 0.825. The van der Waals surface area contributed by atoms with E-state index in [0.29, 0.717) is 23.1 Å². The summed E-state index contributed by atoms with van der Waals surface area (Å²) in [4.78, 5) is 17.5. The molecule has 116 valence electrons. The van der Waals surface area contributed by atoms with Crippen molar-refractivity contribution in [3.63, 3.8) is 0 Å². The number of carbonyl (C=O) groups excluding carboxylic acids is 1. The van der Waals surface area contributed by atoms with E-state index in [-0.39, 0.29) is 4.34 Å². The molecule has 1 aliphatic heterocycles. The highest BCUT2D eigenvalue weighted by atomic mass is 35.5. The van der Waals surface area contributed by atoms with Crippen LogP contribution in [0.4, 0.5) is 0 Å². The Morgan fingerprint density at radius 1 is 1.23 bits per heavy atom. The van der Waals surface area contributed by atoms with E-state index < -0.39 is 21.5 Å². The number of halogens is 2. The topological polar surface area (TPSA) is 67.3 Å². The molecule has 1 aromatic heterocycles. The molecule has 3 rings (SSSR count). The molecule has 5 nitrogen and oxygen atoms in total. The fourth-order valence-corrected chi connectivity index (χ4v) is 4.76. The molecule has 0 atom stereocenters. The van der Waals surface area contributed by atoms with Crippen molar-refractivity contribution in [1.82, 2.24) is 9.88 Å². The van der Waals surface area contributed by atoms with E-state index in [1.54, 1.807) is 17.5 Å². The van der Waals surface area contributed by atoms with E-state index >= 15 is 0 Å². The molecule has 0 unspecified atom stereocenters. The van der Waals surface area contributed by atoms with E-state index in [2.05, 4.69) is 4.98 Å². The van der Waals surface area contributed by atoms with Crippen LogP contribution in [0, 0.1) is 0 Å². The highest BCUT2D eigenvalue weighted by molar-refractivity contribution is 7.93. The Labute approximate surface area is 141 Å². The van der Waals surface area contributed by atoms with Crippen LogP contribution >= 0.6 is 34.5 Å². The average molecular weight is 377 g/mol. The molecule has 0 bridgehead atoms. The van der Waals surface area contributed by atoms with Crippen molar-refractivity contribution in [3.8, 4) is 0 Å². The number of thiazole rings is 1. The van der Waals surface area contributed by atoms with Crippen LogP contribution in [0.5, 0.6) is 0 Å². The maximum absolute atomic E-state index is 12.3. The fraction of sp³-hybridized carbons (Fsp3) is 0.231. The lowest BCUT2D eigenvalue weighted by Crippen LogP contribution is -2.31. The lowest BCUT2D eigenvalue weighted by Gasteiger charge is -2.14. The van der Waals surface area contributed by atoms with Crippen molar-refractivity contribution < 1.29 is 13.2 Å². The highest BCUT2D eigenvalue weighted by Crippen LogP contribution is 2.31. The zero-order chi connectivity index (χ0) is 15.9. The van der Waals surface area contributed by atoms with Gasteiger partial charge in [0.1, 0.15) is 5.75 Å². The van der Waals surface area contributed by atoms with Gasteiger partial charge in [-0.15, -0.1) is 11.3 Å². The summed E-state index contributed by atoms with van der Waals surface area (Å²) in [6.45, 7) is 0.664. The van der Waals surface area contributed by atoms with Crippen molar-refractivity contribution in [2.24, 2.45) is 0 Å². The zero-order valence-corrected chi connectivity index (χ0v) is 14.3. The molecule has 0 spiro atoms. The molecule has 0 aliphatic carbocycles. The first-order chi connectivity index (χ1) is 10.4. The van der Waals surface area contributed by atoms with Gasteiger partial charge in [-0.25, -0.2) is 13.4 Å². The summed E-state index contributed by atoms with van der Waals surface area (Å²) in [5.41, 5.74) is 1.77. The predicted molar refractivity (Wildman–Crippen MR) is 84.9 cm³/mol. The molecule has 1 aliphatic rings. The monoisotopic (exact) mass is 376 g/mol. The molecule has 0 saturated heterocycles. The summed E-state index contributed by atoms with van der Waals surface area (Å²) in [6, 6.07) is 3.42. The van der Waals surface area contributed by atoms with Gasteiger partial charge in [-0.3, -0.25) is 4.79 Å². The van der Waals surface area contributed by atoms with Gasteiger partial charge in [-0.05, 0) is 23.3 Å². The van der Waals surface area contributed by atoms with Crippen LogP contribution in [0.3, 0.4) is 0 Å². The average Bonchev–Trinajstić information content (AvgIpc) is 3.07. The van der Waals surface area contributed by atoms with Crippen molar-refractivity contribution in [1.29, 1.82) is 0 Å². The molecule has 1 amide bonds. The van der Waals surface area contributed by atoms with Gasteiger partial charge in [0, 0.05) is 24.7 Å². The minimum absolute atomic E-state index is 0.0383. The van der Waals surface area contributed by atoms with Gasteiger partial charge >= 0.3 is 0 Å². The molecule has 0 N–H and O–H groups in total. The van der Waals surface area contributed by atoms with Gasteiger partial charge in [-0.1, -0.05) is 23.2 Å². The third-order valence-corrected chi connectivity index (χ3v) is 6.91. The first-order valence-corrected chi connectivity index (χ1v) is 9.52. The molecule has 22 heavy (non-hydrogen) atoms. The zero-order valence-electron chi connectivity index (χ0n) is 11.1. The van der Waals surface area contributed by atoms with E-state index in [1.165, 1.54) is 11.1 Å². The van der Waals surface area contributed by atoms with Gasteiger partial charge in [0.05, 0.1) is 10.0 Å². The summed E-state index contributed by atoms with van der Waals surface area (Å²) in [5.74, 6) is -1.05. The fourth-order valence-electron chi connectivity index (χ4n) is 2.25. The van der Waals surface area contributed by atoms with Crippen LogP contribution in [0.1, 0.15) is 11.1 Å². The Bertz CT molecular complexity index is 804. The highest BCUT2D eigenvalue weighted by Gasteiger charge is 2.29. The Morgan fingerprint density at radius 3 is 2.32 bits per heavy atom. The third-order valence-electron chi connectivity index (χ3n) is 3.31. The predicted octanol–water partition coefficient (Wildman–Crippen LogP) is 2.77. The molecular weight excluding hydrogens is 367 g/mol. The van der Waals surface area contributed by atoms with Crippen molar-refractivity contribution in [2.45, 2.75) is 17.4 Å². The van der Waals surface area contributed by atoms with Crippen molar-refractivity contribution >= 4 is 50.3 Å². The second kappa shape index (κ2) is 5.81. The lowest BCUT2D eigenvalue weighted by atomic mass is 10.1. The first kappa shape index (κ1) is 15.7. The molecular formula is C13H10Cl2N2O3S2. The third kappa shape index (κ3) is 2.99. The van der Waals surface area contributed by atoms with Crippen LogP contribution in [0.25, 0.3) is 0 Å². The Morgan fingerprint density at radius 2 is 1.82 bits per heavy atom. The van der Waals surface area contributed by atoms with Crippen LogP contribution in [-0.4, -0.2) is 30.0 Å². The van der Waals surface area contributed by atoms with Crippen LogP contribution in [-0.2, 0) is 27.7 Å². The van der Waals surface area contributed by atoms with Crippen LogP contribution < -0.4 is 0 Å². The summed E-state index contributed by atoms with van der Waals surface area (Å²) < 4.78 is 24.2. The van der Waals surface area contributed by atoms with Crippen molar-refractivity contribution in [2.75, 3.05) is 5.75 Å². The largest absolute Gasteiger partial charge is 0.333 e. The van der Waals surface area contributed by atoms with Crippen molar-refractivity contribution in [3.05, 3.63) is 44.9 Å². The number of carbonyl (C=O) groups is 1.